The van der Waals surface area contributed by atoms with Gasteiger partial charge in [-0.1, -0.05) is 19.4 Å². The van der Waals surface area contributed by atoms with Crippen LogP contribution in [-0.4, -0.2) is 39.5 Å². The van der Waals surface area contributed by atoms with Gasteiger partial charge in [-0.2, -0.15) is 5.10 Å². The SMILES string of the molecule is CCCC(C)(C)OC(=O)N1CC=C(c2cnn(C)c2)CC1. The smallest absolute Gasteiger partial charge is 0.410 e. The molecule has 0 fully saturated rings. The van der Waals surface area contributed by atoms with Crippen LogP contribution in [0.4, 0.5) is 4.79 Å². The summed E-state index contributed by atoms with van der Waals surface area (Å²) in [5.41, 5.74) is 2.00. The molecule has 21 heavy (non-hydrogen) atoms. The number of carbonyl (C=O) groups is 1. The van der Waals surface area contributed by atoms with Gasteiger partial charge in [-0.25, -0.2) is 4.79 Å². The molecule has 0 atom stereocenters. The molecule has 0 aliphatic carbocycles. The Labute approximate surface area is 126 Å². The fraction of sp³-hybridized carbons (Fsp3) is 0.625. The van der Waals surface area contributed by atoms with E-state index in [4.69, 9.17) is 4.74 Å². The predicted molar refractivity (Wildman–Crippen MR) is 82.8 cm³/mol. The van der Waals surface area contributed by atoms with E-state index in [1.165, 1.54) is 5.57 Å². The number of hydrogen-bond donors (Lipinski definition) is 0. The average molecular weight is 291 g/mol. The lowest BCUT2D eigenvalue weighted by atomic mass is 10.0. The van der Waals surface area contributed by atoms with Gasteiger partial charge in [0.1, 0.15) is 5.60 Å². The fourth-order valence-electron chi connectivity index (χ4n) is 2.64. The van der Waals surface area contributed by atoms with E-state index in [9.17, 15) is 4.79 Å². The normalized spacial score (nSPS) is 15.8. The lowest BCUT2D eigenvalue weighted by molar-refractivity contribution is 0.00987. The second kappa shape index (κ2) is 6.33. The summed E-state index contributed by atoms with van der Waals surface area (Å²) in [6.07, 6.45) is 8.47. The summed E-state index contributed by atoms with van der Waals surface area (Å²) in [5.74, 6) is 0. The number of aromatic nitrogens is 2. The zero-order chi connectivity index (χ0) is 15.5. The van der Waals surface area contributed by atoms with Crippen molar-refractivity contribution in [3.63, 3.8) is 0 Å². The molecule has 5 nitrogen and oxygen atoms in total. The Balaban J connectivity index is 1.94. The van der Waals surface area contributed by atoms with E-state index < -0.39 is 0 Å². The van der Waals surface area contributed by atoms with Crippen molar-refractivity contribution in [2.24, 2.45) is 7.05 Å². The number of carbonyl (C=O) groups excluding carboxylic acids is 1. The van der Waals surface area contributed by atoms with Crippen LogP contribution in [0.5, 0.6) is 0 Å². The summed E-state index contributed by atoms with van der Waals surface area (Å²) >= 11 is 0. The first-order valence-electron chi connectivity index (χ1n) is 7.57. The number of amides is 1. The van der Waals surface area contributed by atoms with Crippen molar-refractivity contribution in [3.05, 3.63) is 24.0 Å². The third-order valence-corrected chi connectivity index (χ3v) is 3.76. The Hall–Kier alpha value is -1.78. The topological polar surface area (TPSA) is 47.4 Å². The highest BCUT2D eigenvalue weighted by Crippen LogP contribution is 2.24. The summed E-state index contributed by atoms with van der Waals surface area (Å²) < 4.78 is 7.40. The highest BCUT2D eigenvalue weighted by molar-refractivity contribution is 5.72. The third-order valence-electron chi connectivity index (χ3n) is 3.76. The van der Waals surface area contributed by atoms with Gasteiger partial charge < -0.3 is 9.64 Å². The molecule has 116 valence electrons. The molecule has 2 heterocycles. The largest absolute Gasteiger partial charge is 0.443 e. The molecule has 0 bridgehead atoms. The minimum Gasteiger partial charge on any atom is -0.443 e. The zero-order valence-electron chi connectivity index (χ0n) is 13.4. The van der Waals surface area contributed by atoms with Gasteiger partial charge in [-0.3, -0.25) is 4.68 Å². The van der Waals surface area contributed by atoms with Crippen molar-refractivity contribution in [1.82, 2.24) is 14.7 Å². The highest BCUT2D eigenvalue weighted by atomic mass is 16.6. The summed E-state index contributed by atoms with van der Waals surface area (Å²) in [7, 11) is 1.91. The molecule has 1 aliphatic heterocycles. The van der Waals surface area contributed by atoms with Crippen LogP contribution < -0.4 is 0 Å². The van der Waals surface area contributed by atoms with Gasteiger partial charge >= 0.3 is 6.09 Å². The maximum Gasteiger partial charge on any atom is 0.410 e. The molecule has 0 aromatic carbocycles. The van der Waals surface area contributed by atoms with Gasteiger partial charge in [0.05, 0.1) is 6.20 Å². The van der Waals surface area contributed by atoms with Gasteiger partial charge in [0.25, 0.3) is 0 Å². The minimum absolute atomic E-state index is 0.213. The molecule has 1 aliphatic rings. The van der Waals surface area contributed by atoms with Crippen LogP contribution in [-0.2, 0) is 11.8 Å². The van der Waals surface area contributed by atoms with Crippen LogP contribution >= 0.6 is 0 Å². The first-order chi connectivity index (χ1) is 9.91. The molecule has 1 amide bonds. The van der Waals surface area contributed by atoms with E-state index in [2.05, 4.69) is 18.1 Å². The maximum atomic E-state index is 12.2. The monoisotopic (exact) mass is 291 g/mol. The van der Waals surface area contributed by atoms with Crippen LogP contribution in [0.25, 0.3) is 5.57 Å². The van der Waals surface area contributed by atoms with Gasteiger partial charge in [-0.15, -0.1) is 0 Å². The second-order valence-electron chi connectivity index (χ2n) is 6.21. The maximum absolute atomic E-state index is 12.2. The Kier molecular flexibility index (Phi) is 4.70. The lowest BCUT2D eigenvalue weighted by Crippen LogP contribution is -2.40. The molecule has 0 N–H and O–H groups in total. The molecule has 5 heteroatoms. The van der Waals surface area contributed by atoms with Gasteiger partial charge in [0.15, 0.2) is 0 Å². The van der Waals surface area contributed by atoms with E-state index in [1.54, 1.807) is 9.58 Å². The molecule has 0 saturated heterocycles. The van der Waals surface area contributed by atoms with Gasteiger partial charge in [0.2, 0.25) is 0 Å². The first-order valence-corrected chi connectivity index (χ1v) is 7.57. The lowest BCUT2D eigenvalue weighted by Gasteiger charge is -2.31. The van der Waals surface area contributed by atoms with Gasteiger partial charge in [0, 0.05) is 31.9 Å². The van der Waals surface area contributed by atoms with Crippen LogP contribution in [0, 0.1) is 0 Å². The molecular formula is C16H25N3O2. The number of hydrogen-bond acceptors (Lipinski definition) is 3. The van der Waals surface area contributed by atoms with Crippen molar-refractivity contribution < 1.29 is 9.53 Å². The number of nitrogens with zero attached hydrogens (tertiary/aromatic N) is 3. The van der Waals surface area contributed by atoms with Crippen molar-refractivity contribution in [2.45, 2.75) is 45.6 Å². The van der Waals surface area contributed by atoms with Crippen molar-refractivity contribution in [3.8, 4) is 0 Å². The van der Waals surface area contributed by atoms with E-state index in [1.807, 2.05) is 33.3 Å². The molecule has 0 unspecified atom stereocenters. The molecule has 0 saturated carbocycles. The van der Waals surface area contributed by atoms with E-state index in [0.717, 1.165) is 24.8 Å². The number of ether oxygens (including phenoxy) is 1. The van der Waals surface area contributed by atoms with Crippen LogP contribution in [0.2, 0.25) is 0 Å². The fourth-order valence-corrected chi connectivity index (χ4v) is 2.64. The second-order valence-corrected chi connectivity index (χ2v) is 6.21. The van der Waals surface area contributed by atoms with Crippen LogP contribution in [0.15, 0.2) is 18.5 Å². The number of rotatable bonds is 4. The highest BCUT2D eigenvalue weighted by Gasteiger charge is 2.26. The molecule has 0 radical (unpaired) electrons. The van der Waals surface area contributed by atoms with Gasteiger partial charge in [-0.05, 0) is 32.3 Å². The van der Waals surface area contributed by atoms with Crippen molar-refractivity contribution in [1.29, 1.82) is 0 Å². The zero-order valence-corrected chi connectivity index (χ0v) is 13.4. The Morgan fingerprint density at radius 1 is 1.48 bits per heavy atom. The summed E-state index contributed by atoms with van der Waals surface area (Å²) in [6.45, 7) is 7.33. The molecule has 0 spiro atoms. The summed E-state index contributed by atoms with van der Waals surface area (Å²) in [6, 6.07) is 0. The first kappa shape index (κ1) is 15.6. The van der Waals surface area contributed by atoms with E-state index in [-0.39, 0.29) is 11.7 Å². The summed E-state index contributed by atoms with van der Waals surface area (Å²) in [5, 5.41) is 4.19. The standard InChI is InChI=1S/C16H25N3O2/c1-5-8-16(2,3)21-15(20)19-9-6-13(7-10-19)14-11-17-18(4)12-14/h6,11-12H,5,7-10H2,1-4H3. The van der Waals surface area contributed by atoms with Crippen molar-refractivity contribution >= 4 is 11.7 Å². The molecule has 1 aromatic heterocycles. The quantitative estimate of drug-likeness (QED) is 0.855. The van der Waals surface area contributed by atoms with Crippen LogP contribution in [0.1, 0.15) is 45.6 Å². The Bertz CT molecular complexity index is 531. The Morgan fingerprint density at radius 2 is 2.24 bits per heavy atom. The minimum atomic E-state index is -0.390. The third kappa shape index (κ3) is 4.09. The molecule has 2 rings (SSSR count). The molecular weight excluding hydrogens is 266 g/mol. The van der Waals surface area contributed by atoms with E-state index >= 15 is 0 Å². The number of aryl methyl sites for hydroxylation is 1. The van der Waals surface area contributed by atoms with Crippen molar-refractivity contribution in [2.75, 3.05) is 13.1 Å². The summed E-state index contributed by atoms with van der Waals surface area (Å²) in [4.78, 5) is 14.0. The molecule has 1 aromatic rings. The van der Waals surface area contributed by atoms with Crippen LogP contribution in [0.3, 0.4) is 0 Å². The Morgan fingerprint density at radius 3 is 2.76 bits per heavy atom. The van der Waals surface area contributed by atoms with E-state index in [0.29, 0.717) is 13.1 Å². The average Bonchev–Trinajstić information content (AvgIpc) is 2.85. The predicted octanol–water partition coefficient (Wildman–Crippen LogP) is 3.22.